The monoisotopic (exact) mass is 393 g/mol. The van der Waals surface area contributed by atoms with Crippen molar-refractivity contribution in [1.29, 1.82) is 0 Å². The van der Waals surface area contributed by atoms with Gasteiger partial charge in [0.25, 0.3) is 5.91 Å². The minimum Gasteiger partial charge on any atom is -0.399 e. The van der Waals surface area contributed by atoms with Gasteiger partial charge in [-0.15, -0.1) is 0 Å². The van der Waals surface area contributed by atoms with Gasteiger partial charge in [-0.2, -0.15) is 0 Å². The molecule has 3 rings (SSSR count). The Morgan fingerprint density at radius 3 is 2.00 bits per heavy atom. The largest absolute Gasteiger partial charge is 0.399 e. The summed E-state index contributed by atoms with van der Waals surface area (Å²) in [6.07, 6.45) is 0. The van der Waals surface area contributed by atoms with Crippen LogP contribution in [0.2, 0.25) is 5.21 Å². The lowest BCUT2D eigenvalue weighted by Gasteiger charge is -2.59. The molecule has 3 amide bonds. The minimum absolute atomic E-state index is 0.0192. The second-order valence-electron chi connectivity index (χ2n) is 8.94. The molecular formula is C13H19B7FN3O5. The Bertz CT molecular complexity index is 1020. The highest BCUT2D eigenvalue weighted by Crippen LogP contribution is 2.50. The summed E-state index contributed by atoms with van der Waals surface area (Å²) >= 11 is 0. The first kappa shape index (κ1) is 21.6. The first-order valence-electron chi connectivity index (χ1n) is 9.21. The minimum atomic E-state index is -2.15. The van der Waals surface area contributed by atoms with Crippen LogP contribution in [0.15, 0.2) is 0 Å². The van der Waals surface area contributed by atoms with Crippen LogP contribution in [0.4, 0.5) is 10.1 Å². The van der Waals surface area contributed by atoms with E-state index in [2.05, 4.69) is 5.32 Å². The molecule has 8 nitrogen and oxygen atoms in total. The lowest BCUT2D eigenvalue weighted by atomic mass is 9.32. The summed E-state index contributed by atoms with van der Waals surface area (Å²) in [5.41, 5.74) is -0.502. The molecule has 0 aromatic heterocycles. The van der Waals surface area contributed by atoms with Gasteiger partial charge in [0.1, 0.15) is 64.0 Å². The zero-order chi connectivity index (χ0) is 22.5. The molecule has 1 aromatic rings. The average Bonchev–Trinajstić information content (AvgIpc) is 2.81. The zero-order valence-corrected chi connectivity index (χ0v) is 17.5. The molecule has 1 saturated heterocycles. The number of hydrogen-bond acceptors (Lipinski definition) is 6. The van der Waals surface area contributed by atoms with Crippen molar-refractivity contribution in [3.8, 4) is 0 Å². The third kappa shape index (κ3) is 2.21. The van der Waals surface area contributed by atoms with E-state index in [1.807, 2.05) is 0 Å². The number of benzene rings is 1. The van der Waals surface area contributed by atoms with Crippen LogP contribution in [0, 0.1) is 5.82 Å². The van der Waals surface area contributed by atoms with Crippen molar-refractivity contribution >= 4 is 89.3 Å². The van der Waals surface area contributed by atoms with Crippen molar-refractivity contribution in [1.82, 2.24) is 10.2 Å². The molecule has 0 aliphatic carbocycles. The number of fused-ring (bicyclic) bond motifs is 1. The van der Waals surface area contributed by atoms with E-state index in [1.165, 1.54) is 54.9 Å². The molecule has 0 saturated carbocycles. The van der Waals surface area contributed by atoms with E-state index in [0.717, 1.165) is 4.90 Å². The van der Waals surface area contributed by atoms with Crippen LogP contribution in [0.1, 0.15) is 15.9 Å². The summed E-state index contributed by atoms with van der Waals surface area (Å²) < 4.78 is 14.6. The lowest BCUT2D eigenvalue weighted by molar-refractivity contribution is -0.161. The first-order chi connectivity index (χ1) is 13.0. The van der Waals surface area contributed by atoms with E-state index in [-0.39, 0.29) is 27.7 Å². The van der Waals surface area contributed by atoms with E-state index < -0.39 is 45.3 Å². The number of hydrogen-bond donors (Lipinski definition) is 4. The average molecular weight is 392 g/mol. The van der Waals surface area contributed by atoms with Gasteiger partial charge in [-0.3, -0.25) is 19.7 Å². The maximum absolute atomic E-state index is 14.6. The van der Waals surface area contributed by atoms with Gasteiger partial charge in [0.15, 0.2) is 7.85 Å². The molecule has 3 atom stereocenters. The number of imide groups is 1. The third-order valence-corrected chi connectivity index (χ3v) is 7.13. The number of piperidine rings is 1. The highest BCUT2D eigenvalue weighted by atomic mass is 19.1. The lowest BCUT2D eigenvalue weighted by Crippen LogP contribution is -2.83. The molecule has 0 spiro atoms. The number of anilines is 1. The Labute approximate surface area is 173 Å². The van der Waals surface area contributed by atoms with Crippen LogP contribution in [0.3, 0.4) is 0 Å². The summed E-state index contributed by atoms with van der Waals surface area (Å²) in [6, 6.07) is 0. The molecule has 2 aliphatic heterocycles. The Morgan fingerprint density at radius 1 is 0.966 bits per heavy atom. The number of amides is 3. The van der Waals surface area contributed by atoms with Gasteiger partial charge in [0.05, 0.1) is 5.50 Å². The third-order valence-electron chi connectivity index (χ3n) is 7.13. The number of aliphatic hydroxyl groups is 2. The number of rotatable bonds is 1. The maximum atomic E-state index is 14.6. The second-order valence-corrected chi connectivity index (χ2v) is 8.94. The summed E-state index contributed by atoms with van der Waals surface area (Å²) in [5, 5.41) is 23.5. The Morgan fingerprint density at radius 2 is 1.48 bits per heavy atom. The number of carbonyl (C=O) groups excluding carboxylic acids is 3. The van der Waals surface area contributed by atoms with Gasteiger partial charge in [-0.25, -0.2) is 4.39 Å². The van der Waals surface area contributed by atoms with Crippen LogP contribution >= 0.6 is 0 Å². The molecule has 1 aromatic carbocycles. The molecule has 5 N–H and O–H groups in total. The number of nitrogens with one attached hydrogen (secondary N) is 1. The fourth-order valence-electron chi connectivity index (χ4n) is 4.59. The molecule has 1 fully saturated rings. The number of nitrogen functional groups attached to an aromatic ring is 1. The van der Waals surface area contributed by atoms with Crippen LogP contribution in [0.5, 0.6) is 0 Å². The quantitative estimate of drug-likeness (QED) is 0.213. The van der Waals surface area contributed by atoms with E-state index in [1.54, 1.807) is 0 Å². The molecule has 144 valence electrons. The summed E-state index contributed by atoms with van der Waals surface area (Å²) in [7, 11) is 9.45. The van der Waals surface area contributed by atoms with Crippen molar-refractivity contribution in [2.24, 2.45) is 0 Å². The Kier molecular flexibility index (Phi) is 4.29. The predicted octanol–water partition coefficient (Wildman–Crippen LogP) is -10.2. The molecular weight excluding hydrogens is 373 g/mol. The van der Waals surface area contributed by atoms with Gasteiger partial charge in [-0.1, -0.05) is 0 Å². The highest BCUT2D eigenvalue weighted by molar-refractivity contribution is 6.59. The van der Waals surface area contributed by atoms with Crippen molar-refractivity contribution in [2.75, 3.05) is 5.73 Å². The van der Waals surface area contributed by atoms with Gasteiger partial charge in [-0.05, 0) is 10.9 Å². The van der Waals surface area contributed by atoms with E-state index in [9.17, 15) is 29.0 Å². The smallest absolute Gasteiger partial charge is 0.256 e. The van der Waals surface area contributed by atoms with Gasteiger partial charge in [0.2, 0.25) is 11.8 Å². The van der Waals surface area contributed by atoms with E-state index >= 15 is 0 Å². The van der Waals surface area contributed by atoms with Crippen LogP contribution in [-0.4, -0.2) is 98.7 Å². The van der Waals surface area contributed by atoms with Gasteiger partial charge >= 0.3 is 0 Å². The summed E-state index contributed by atoms with van der Waals surface area (Å²) in [5.74, 6) is -3.23. The van der Waals surface area contributed by atoms with Crippen molar-refractivity contribution in [3.63, 3.8) is 0 Å². The predicted molar refractivity (Wildman–Crippen MR) is 123 cm³/mol. The normalized spacial score (nSPS) is 33.5. The molecule has 16 heteroatoms. The zero-order valence-electron chi connectivity index (χ0n) is 17.5. The molecule has 29 heavy (non-hydrogen) atoms. The van der Waals surface area contributed by atoms with E-state index in [4.69, 9.17) is 5.73 Å². The van der Waals surface area contributed by atoms with Crippen molar-refractivity contribution in [2.45, 2.75) is 21.8 Å². The first-order valence-corrected chi connectivity index (χ1v) is 9.21. The van der Waals surface area contributed by atoms with Crippen LogP contribution in [0.25, 0.3) is 0 Å². The Hall–Kier alpha value is -2.07. The number of nitrogens with two attached hydrogens (primary N) is 1. The Balaban J connectivity index is 2.37. The number of halogens is 1. The fraction of sp³-hybridized carbons (Fsp3) is 0.308. The second kappa shape index (κ2) is 5.75. The topological polar surface area (TPSA) is 133 Å². The van der Waals surface area contributed by atoms with Gasteiger partial charge < -0.3 is 20.8 Å². The van der Waals surface area contributed by atoms with Gasteiger partial charge in [0, 0.05) is 22.0 Å². The number of carbonyl (C=O) groups is 3. The molecule has 0 bridgehead atoms. The SMILES string of the molecule is Bc1c(N)c2c(c(B)c1F)C(=O)N([C@]1(B)C(=O)NC(=O)C(B)(B)C1(B)O)C2(B)O. The van der Waals surface area contributed by atoms with E-state index in [0.29, 0.717) is 0 Å². The molecule has 0 radical (unpaired) electrons. The highest BCUT2D eigenvalue weighted by Gasteiger charge is 2.70. The van der Waals surface area contributed by atoms with Crippen LogP contribution < -0.4 is 22.0 Å². The fourth-order valence-corrected chi connectivity index (χ4v) is 4.59. The summed E-state index contributed by atoms with van der Waals surface area (Å²) in [6.45, 7) is 0. The standard InChI is InChI=1S/C13H19B7FN3O5/c14-3-1-2(6(22)4(15)5(3)21)12(19,28)24(7(1)25)11(18)9(27)23-8(26)10(16,17)13(11,20)29/h28-29H,14-20,22H2,(H,23,26,27)/t11-,12?,13?/m1/s1. The molecule has 2 heterocycles. The maximum Gasteiger partial charge on any atom is 0.256 e. The molecule has 2 aliphatic rings. The van der Waals surface area contributed by atoms with Crippen molar-refractivity contribution in [3.05, 3.63) is 16.9 Å². The summed E-state index contributed by atoms with van der Waals surface area (Å²) in [4.78, 5) is 39.6. The van der Waals surface area contributed by atoms with Crippen LogP contribution in [-0.2, 0) is 15.2 Å². The number of nitrogens with zero attached hydrogens (tertiary/aromatic N) is 1. The van der Waals surface area contributed by atoms with Crippen molar-refractivity contribution < 1.29 is 29.0 Å². The molecule has 2 unspecified atom stereocenters.